The van der Waals surface area contributed by atoms with Gasteiger partial charge in [-0.3, -0.25) is 14.4 Å². The van der Waals surface area contributed by atoms with Crippen molar-refractivity contribution in [3.8, 4) is 22.6 Å². The number of ether oxygens (including phenoxy) is 3. The molecule has 3 aromatic carbocycles. The molecular formula is C30H30FN3O6. The monoisotopic (exact) mass is 547 g/mol. The fourth-order valence-corrected chi connectivity index (χ4v) is 4.73. The second kappa shape index (κ2) is 12.2. The zero-order chi connectivity index (χ0) is 28.1. The standard InChI is InChI=1S/C30H30FN3O6/c1-38-12-11-29(36)34-16-26-27(17-34)40-22-8-5-19(6-9-22)15-32-28(35)18-39-23-4-2-3-20(13-23)21-7-10-25(31)24(14-21)30(37)33-26/h2-10,13-14,26-27H,11-12,15-18H2,1H3,(H,32,35)(H,33,37)/t26-,27-/m0/s1. The van der Waals surface area contributed by atoms with E-state index in [-0.39, 0.29) is 50.1 Å². The third-order valence-corrected chi connectivity index (χ3v) is 6.90. The van der Waals surface area contributed by atoms with Crippen LogP contribution in [0.25, 0.3) is 11.1 Å². The van der Waals surface area contributed by atoms with Gasteiger partial charge < -0.3 is 29.7 Å². The van der Waals surface area contributed by atoms with Crippen LogP contribution in [0.3, 0.4) is 0 Å². The first kappa shape index (κ1) is 27.1. The summed E-state index contributed by atoms with van der Waals surface area (Å²) in [4.78, 5) is 40.1. The molecule has 2 atom stereocenters. The molecule has 3 heterocycles. The lowest BCUT2D eigenvalue weighted by Crippen LogP contribution is -2.45. The smallest absolute Gasteiger partial charge is 0.258 e. The second-order valence-corrected chi connectivity index (χ2v) is 9.71. The topological polar surface area (TPSA) is 106 Å². The van der Waals surface area contributed by atoms with E-state index in [1.165, 1.54) is 19.2 Å². The van der Waals surface area contributed by atoms with Crippen LogP contribution in [-0.2, 0) is 20.9 Å². The molecule has 3 aromatic rings. The molecule has 0 aromatic heterocycles. The summed E-state index contributed by atoms with van der Waals surface area (Å²) in [6.45, 7) is 0.875. The number of carbonyl (C=O) groups is 3. The fourth-order valence-electron chi connectivity index (χ4n) is 4.73. The molecule has 0 aliphatic carbocycles. The van der Waals surface area contributed by atoms with Crippen molar-refractivity contribution in [2.45, 2.75) is 25.1 Å². The van der Waals surface area contributed by atoms with Gasteiger partial charge in [0.25, 0.3) is 11.8 Å². The van der Waals surface area contributed by atoms with Crippen molar-refractivity contribution in [1.29, 1.82) is 0 Å². The SMILES string of the molecule is COCCC(=O)N1C[C@@H]2NC(=O)c3cc(ccc3F)-c3cccc(c3)OCC(=O)NCc3ccc(cc3)O[C@H]2C1. The molecule has 0 saturated carbocycles. The average Bonchev–Trinajstić information content (AvgIpc) is 3.36. The first-order chi connectivity index (χ1) is 19.4. The lowest BCUT2D eigenvalue weighted by atomic mass is 10.0. The van der Waals surface area contributed by atoms with Gasteiger partial charge >= 0.3 is 0 Å². The number of benzene rings is 3. The summed E-state index contributed by atoms with van der Waals surface area (Å²) >= 11 is 0. The first-order valence-corrected chi connectivity index (χ1v) is 13.0. The number of halogens is 1. The Kier molecular flexibility index (Phi) is 8.26. The van der Waals surface area contributed by atoms with Crippen molar-refractivity contribution in [2.24, 2.45) is 0 Å². The predicted octanol–water partition coefficient (Wildman–Crippen LogP) is 2.93. The summed E-state index contributed by atoms with van der Waals surface area (Å²) in [6, 6.07) is 17.9. The maximum Gasteiger partial charge on any atom is 0.258 e. The molecule has 1 fully saturated rings. The molecule has 3 aliphatic rings. The summed E-state index contributed by atoms with van der Waals surface area (Å²) in [5.74, 6) is -0.697. The number of nitrogens with one attached hydrogen (secondary N) is 2. The molecule has 10 heteroatoms. The summed E-state index contributed by atoms with van der Waals surface area (Å²) in [5, 5.41) is 5.72. The molecule has 0 radical (unpaired) electrons. The Hall–Kier alpha value is -4.44. The maximum atomic E-state index is 14.9. The van der Waals surface area contributed by atoms with E-state index in [2.05, 4.69) is 10.6 Å². The van der Waals surface area contributed by atoms with Crippen molar-refractivity contribution in [3.63, 3.8) is 0 Å². The number of hydrogen-bond acceptors (Lipinski definition) is 6. The molecular weight excluding hydrogens is 517 g/mol. The number of nitrogens with zero attached hydrogens (tertiary/aromatic N) is 1. The van der Waals surface area contributed by atoms with Crippen LogP contribution in [0.5, 0.6) is 11.5 Å². The number of amides is 3. The lowest BCUT2D eigenvalue weighted by molar-refractivity contribution is -0.131. The highest BCUT2D eigenvalue weighted by molar-refractivity contribution is 5.96. The number of rotatable bonds is 3. The van der Waals surface area contributed by atoms with E-state index in [0.717, 1.165) is 5.56 Å². The summed E-state index contributed by atoms with van der Waals surface area (Å²) in [5.41, 5.74) is 2.02. The van der Waals surface area contributed by atoms with Crippen molar-refractivity contribution in [3.05, 3.63) is 83.7 Å². The minimum Gasteiger partial charge on any atom is -0.486 e. The molecule has 0 unspecified atom stereocenters. The van der Waals surface area contributed by atoms with Crippen LogP contribution in [0, 0.1) is 5.82 Å². The molecule has 6 bridgehead atoms. The molecule has 2 N–H and O–H groups in total. The van der Waals surface area contributed by atoms with Crippen LogP contribution < -0.4 is 20.1 Å². The van der Waals surface area contributed by atoms with E-state index in [1.807, 2.05) is 18.2 Å². The summed E-state index contributed by atoms with van der Waals surface area (Å²) in [7, 11) is 1.53. The van der Waals surface area contributed by atoms with Gasteiger partial charge in [0.1, 0.15) is 23.4 Å². The Balaban J connectivity index is 1.47. The normalized spacial score (nSPS) is 19.1. The van der Waals surface area contributed by atoms with Gasteiger partial charge in [-0.15, -0.1) is 0 Å². The number of likely N-dealkylation sites (tertiary alicyclic amines) is 1. The minimum atomic E-state index is -0.674. The zero-order valence-corrected chi connectivity index (χ0v) is 22.0. The van der Waals surface area contributed by atoms with Gasteiger partial charge in [-0.25, -0.2) is 4.39 Å². The predicted molar refractivity (Wildman–Crippen MR) is 144 cm³/mol. The van der Waals surface area contributed by atoms with Crippen molar-refractivity contribution < 1.29 is 33.0 Å². The largest absolute Gasteiger partial charge is 0.486 e. The average molecular weight is 548 g/mol. The van der Waals surface area contributed by atoms with Gasteiger partial charge in [-0.2, -0.15) is 0 Å². The molecule has 1 saturated heterocycles. The Morgan fingerprint density at radius 3 is 2.62 bits per heavy atom. The third-order valence-electron chi connectivity index (χ3n) is 6.90. The van der Waals surface area contributed by atoms with E-state index in [9.17, 15) is 18.8 Å². The van der Waals surface area contributed by atoms with Crippen LogP contribution >= 0.6 is 0 Å². The first-order valence-electron chi connectivity index (χ1n) is 13.0. The van der Waals surface area contributed by atoms with E-state index in [0.29, 0.717) is 29.2 Å². The molecule has 9 nitrogen and oxygen atoms in total. The summed E-state index contributed by atoms with van der Waals surface area (Å²) < 4.78 is 31.8. The lowest BCUT2D eigenvalue weighted by Gasteiger charge is -2.21. The maximum absolute atomic E-state index is 14.9. The van der Waals surface area contributed by atoms with Gasteiger partial charge in [-0.1, -0.05) is 30.3 Å². The quantitative estimate of drug-likeness (QED) is 0.523. The van der Waals surface area contributed by atoms with Gasteiger partial charge in [0.05, 0.1) is 31.2 Å². The van der Waals surface area contributed by atoms with Gasteiger partial charge in [0, 0.05) is 20.2 Å². The Bertz CT molecular complexity index is 1400. The molecule has 0 spiro atoms. The zero-order valence-electron chi connectivity index (χ0n) is 22.0. The highest BCUT2D eigenvalue weighted by Crippen LogP contribution is 2.27. The minimum absolute atomic E-state index is 0.126. The van der Waals surface area contributed by atoms with Crippen molar-refractivity contribution >= 4 is 17.7 Å². The van der Waals surface area contributed by atoms with Gasteiger partial charge in [0.15, 0.2) is 6.61 Å². The fraction of sp³-hybridized carbons (Fsp3) is 0.300. The highest BCUT2D eigenvalue weighted by Gasteiger charge is 2.38. The molecule has 6 rings (SSSR count). The molecule has 40 heavy (non-hydrogen) atoms. The number of hydrogen-bond donors (Lipinski definition) is 2. The summed E-state index contributed by atoms with van der Waals surface area (Å²) in [6.07, 6.45) is -0.365. The third kappa shape index (κ3) is 6.40. The molecule has 3 aliphatic heterocycles. The van der Waals surface area contributed by atoms with Crippen molar-refractivity contribution in [2.75, 3.05) is 33.4 Å². The Labute approximate surface area is 231 Å². The van der Waals surface area contributed by atoms with Crippen LogP contribution in [0.4, 0.5) is 4.39 Å². The van der Waals surface area contributed by atoms with Crippen molar-refractivity contribution in [1.82, 2.24) is 15.5 Å². The Morgan fingerprint density at radius 2 is 1.82 bits per heavy atom. The molecule has 3 amide bonds. The van der Waals surface area contributed by atoms with Crippen LogP contribution in [0.1, 0.15) is 22.3 Å². The second-order valence-electron chi connectivity index (χ2n) is 9.71. The van der Waals surface area contributed by atoms with Gasteiger partial charge in [0.2, 0.25) is 5.91 Å². The highest BCUT2D eigenvalue weighted by atomic mass is 19.1. The van der Waals surface area contributed by atoms with Crippen LogP contribution in [0.15, 0.2) is 66.7 Å². The van der Waals surface area contributed by atoms with Crippen LogP contribution in [-0.4, -0.2) is 68.2 Å². The van der Waals surface area contributed by atoms with Gasteiger partial charge in [-0.05, 0) is 53.1 Å². The number of fused-ring (bicyclic) bond motifs is 7. The van der Waals surface area contributed by atoms with E-state index >= 15 is 0 Å². The van der Waals surface area contributed by atoms with Crippen LogP contribution in [0.2, 0.25) is 0 Å². The van der Waals surface area contributed by atoms with E-state index < -0.39 is 23.9 Å². The van der Waals surface area contributed by atoms with E-state index in [1.54, 1.807) is 41.3 Å². The number of methoxy groups -OCH3 is 1. The number of carbonyl (C=O) groups excluding carboxylic acids is 3. The Morgan fingerprint density at radius 1 is 1.02 bits per heavy atom. The molecule has 208 valence electrons. The van der Waals surface area contributed by atoms with E-state index in [4.69, 9.17) is 14.2 Å².